The fourth-order valence-electron chi connectivity index (χ4n) is 2.43. The molecule has 0 atom stereocenters. The third kappa shape index (κ3) is 3.94. The molecule has 0 spiro atoms. The van der Waals surface area contributed by atoms with Crippen molar-refractivity contribution in [3.63, 3.8) is 0 Å². The highest BCUT2D eigenvalue weighted by Crippen LogP contribution is 2.33. The van der Waals surface area contributed by atoms with E-state index in [2.05, 4.69) is 10.3 Å². The lowest BCUT2D eigenvalue weighted by molar-refractivity contribution is 0.0950. The van der Waals surface area contributed by atoms with Gasteiger partial charge in [-0.05, 0) is 32.9 Å². The molecule has 0 aliphatic rings. The average molecular weight is 346 g/mol. The molecule has 0 aliphatic heterocycles. The summed E-state index contributed by atoms with van der Waals surface area (Å²) < 4.78 is 10.7. The molecule has 24 heavy (non-hydrogen) atoms. The van der Waals surface area contributed by atoms with E-state index in [4.69, 9.17) is 9.47 Å². The van der Waals surface area contributed by atoms with E-state index >= 15 is 0 Å². The number of benzene rings is 1. The molecule has 2 aromatic rings. The fraction of sp³-hybridized carbons (Fsp3) is 0.333. The number of thiazole rings is 1. The van der Waals surface area contributed by atoms with Crippen molar-refractivity contribution in [2.45, 2.75) is 27.3 Å². The number of aromatic nitrogens is 1. The van der Waals surface area contributed by atoms with Gasteiger partial charge in [0, 0.05) is 16.0 Å². The Morgan fingerprint density at radius 2 is 2.04 bits per heavy atom. The minimum absolute atomic E-state index is 0.174. The van der Waals surface area contributed by atoms with Crippen LogP contribution in [0, 0.1) is 13.8 Å². The van der Waals surface area contributed by atoms with E-state index < -0.39 is 0 Å². The summed E-state index contributed by atoms with van der Waals surface area (Å²) >= 11 is 1.63. The molecule has 128 valence electrons. The predicted octanol–water partition coefficient (Wildman–Crippen LogP) is 3.74. The van der Waals surface area contributed by atoms with Gasteiger partial charge < -0.3 is 14.8 Å². The number of nitrogens with zero attached hydrogens (tertiary/aromatic N) is 1. The zero-order chi connectivity index (χ0) is 17.7. The summed E-state index contributed by atoms with van der Waals surface area (Å²) in [6, 6.07) is 3.47. The number of hydrogen-bond acceptors (Lipinski definition) is 5. The Labute approximate surface area is 146 Å². The van der Waals surface area contributed by atoms with E-state index in [1.165, 1.54) is 0 Å². The van der Waals surface area contributed by atoms with Crippen molar-refractivity contribution in [1.82, 2.24) is 10.3 Å². The first-order valence-corrected chi connectivity index (χ1v) is 8.41. The van der Waals surface area contributed by atoms with E-state index in [0.717, 1.165) is 21.1 Å². The Bertz CT molecular complexity index is 766. The smallest absolute Gasteiger partial charge is 0.251 e. The minimum Gasteiger partial charge on any atom is -0.493 e. The van der Waals surface area contributed by atoms with Gasteiger partial charge in [0.2, 0.25) is 0 Å². The maximum Gasteiger partial charge on any atom is 0.251 e. The summed E-state index contributed by atoms with van der Waals surface area (Å²) in [5.41, 5.74) is 2.22. The van der Waals surface area contributed by atoms with Crippen molar-refractivity contribution in [2.75, 3.05) is 14.2 Å². The lowest BCUT2D eigenvalue weighted by atomic mass is 10.1. The summed E-state index contributed by atoms with van der Waals surface area (Å²) in [4.78, 5) is 18.1. The Balaban J connectivity index is 2.25. The maximum atomic E-state index is 12.5. The molecule has 0 fully saturated rings. The molecule has 0 bridgehead atoms. The van der Waals surface area contributed by atoms with Crippen LogP contribution in [0.2, 0.25) is 0 Å². The minimum atomic E-state index is -0.174. The monoisotopic (exact) mass is 346 g/mol. The Morgan fingerprint density at radius 3 is 2.58 bits per heavy atom. The van der Waals surface area contributed by atoms with Crippen LogP contribution < -0.4 is 14.8 Å². The van der Waals surface area contributed by atoms with Crippen LogP contribution in [0.25, 0.3) is 6.08 Å². The lowest BCUT2D eigenvalue weighted by Crippen LogP contribution is -2.23. The molecule has 0 radical (unpaired) electrons. The highest BCUT2D eigenvalue weighted by Gasteiger charge is 2.15. The van der Waals surface area contributed by atoms with E-state index in [1.54, 1.807) is 37.7 Å². The summed E-state index contributed by atoms with van der Waals surface area (Å²) in [6.45, 7) is 6.28. The van der Waals surface area contributed by atoms with Crippen molar-refractivity contribution >= 4 is 23.3 Å². The van der Waals surface area contributed by atoms with E-state index in [-0.39, 0.29) is 5.91 Å². The molecular weight excluding hydrogens is 324 g/mol. The molecule has 1 heterocycles. The van der Waals surface area contributed by atoms with Crippen molar-refractivity contribution in [3.05, 3.63) is 44.9 Å². The first-order chi connectivity index (χ1) is 11.5. The number of allylic oxidation sites excluding steroid dienone is 1. The number of rotatable bonds is 6. The molecule has 0 saturated heterocycles. The molecule has 0 aliphatic carbocycles. The largest absolute Gasteiger partial charge is 0.493 e. The van der Waals surface area contributed by atoms with Crippen LogP contribution in [0.15, 0.2) is 18.2 Å². The van der Waals surface area contributed by atoms with E-state index in [1.807, 2.05) is 32.9 Å². The van der Waals surface area contributed by atoms with Crippen LogP contribution in [-0.2, 0) is 6.54 Å². The van der Waals surface area contributed by atoms with Gasteiger partial charge in [0.25, 0.3) is 5.91 Å². The van der Waals surface area contributed by atoms with Gasteiger partial charge in [-0.1, -0.05) is 12.2 Å². The average Bonchev–Trinajstić information content (AvgIpc) is 2.89. The van der Waals surface area contributed by atoms with Crippen LogP contribution in [0.5, 0.6) is 11.5 Å². The normalized spacial score (nSPS) is 10.9. The van der Waals surface area contributed by atoms with Gasteiger partial charge >= 0.3 is 0 Å². The number of carbonyl (C=O) groups is 1. The predicted molar refractivity (Wildman–Crippen MR) is 97.0 cm³/mol. The Morgan fingerprint density at radius 1 is 1.29 bits per heavy atom. The number of carbonyl (C=O) groups excluding carboxylic acids is 1. The second-order valence-electron chi connectivity index (χ2n) is 5.22. The van der Waals surface area contributed by atoms with E-state index in [0.29, 0.717) is 23.6 Å². The van der Waals surface area contributed by atoms with Crippen LogP contribution in [-0.4, -0.2) is 25.1 Å². The third-order valence-corrected chi connectivity index (χ3v) is 4.46. The van der Waals surface area contributed by atoms with Gasteiger partial charge in [-0.2, -0.15) is 0 Å². The molecule has 2 rings (SSSR count). The second kappa shape index (κ2) is 7.97. The second-order valence-corrected chi connectivity index (χ2v) is 6.63. The van der Waals surface area contributed by atoms with Gasteiger partial charge in [-0.15, -0.1) is 11.3 Å². The van der Waals surface area contributed by atoms with Gasteiger partial charge in [0.1, 0.15) is 0 Å². The SMILES string of the molecule is C/C=C/c1cc(C(=O)NCc2nc(C)sc2C)cc(OC)c1OC. The first-order valence-electron chi connectivity index (χ1n) is 7.60. The van der Waals surface area contributed by atoms with Crippen molar-refractivity contribution < 1.29 is 14.3 Å². The Kier molecular flexibility index (Phi) is 5.98. The van der Waals surface area contributed by atoms with Crippen LogP contribution >= 0.6 is 11.3 Å². The molecular formula is C18H22N2O3S. The van der Waals surface area contributed by atoms with Gasteiger partial charge in [0.05, 0.1) is 31.5 Å². The summed E-state index contributed by atoms with van der Waals surface area (Å²) in [7, 11) is 3.14. The quantitative estimate of drug-likeness (QED) is 0.865. The van der Waals surface area contributed by atoms with Gasteiger partial charge in [-0.3, -0.25) is 4.79 Å². The number of ether oxygens (including phenoxy) is 2. The number of nitrogens with one attached hydrogen (secondary N) is 1. The number of amides is 1. The summed E-state index contributed by atoms with van der Waals surface area (Å²) in [6.07, 6.45) is 3.77. The molecule has 1 aromatic carbocycles. The maximum absolute atomic E-state index is 12.5. The number of aryl methyl sites for hydroxylation is 2. The summed E-state index contributed by atoms with van der Waals surface area (Å²) in [5, 5.41) is 3.91. The number of hydrogen-bond donors (Lipinski definition) is 1. The van der Waals surface area contributed by atoms with Crippen LogP contribution in [0.3, 0.4) is 0 Å². The Hall–Kier alpha value is -2.34. The highest BCUT2D eigenvalue weighted by atomic mass is 32.1. The highest BCUT2D eigenvalue weighted by molar-refractivity contribution is 7.11. The van der Waals surface area contributed by atoms with Crippen LogP contribution in [0.1, 0.15) is 38.4 Å². The molecule has 1 amide bonds. The first kappa shape index (κ1) is 18.0. The van der Waals surface area contributed by atoms with Crippen molar-refractivity contribution in [3.8, 4) is 11.5 Å². The van der Waals surface area contributed by atoms with E-state index in [9.17, 15) is 4.79 Å². The molecule has 0 unspecified atom stereocenters. The van der Waals surface area contributed by atoms with Gasteiger partial charge in [0.15, 0.2) is 11.5 Å². The van der Waals surface area contributed by atoms with Crippen molar-refractivity contribution in [1.29, 1.82) is 0 Å². The molecule has 1 N–H and O–H groups in total. The zero-order valence-corrected chi connectivity index (χ0v) is 15.4. The number of methoxy groups -OCH3 is 2. The lowest BCUT2D eigenvalue weighted by Gasteiger charge is -2.13. The molecule has 0 saturated carbocycles. The zero-order valence-electron chi connectivity index (χ0n) is 14.6. The third-order valence-electron chi connectivity index (χ3n) is 3.53. The van der Waals surface area contributed by atoms with Crippen LogP contribution in [0.4, 0.5) is 0 Å². The molecule has 5 nitrogen and oxygen atoms in total. The molecule has 1 aromatic heterocycles. The van der Waals surface area contributed by atoms with Gasteiger partial charge in [-0.25, -0.2) is 4.98 Å². The molecule has 6 heteroatoms. The summed E-state index contributed by atoms with van der Waals surface area (Å²) in [5.74, 6) is 0.962. The standard InChI is InChI=1S/C18H22N2O3S/c1-6-7-13-8-14(9-16(22-4)17(13)23-5)18(21)19-10-15-11(2)24-12(3)20-15/h6-9H,10H2,1-5H3,(H,19,21)/b7-6+. The topological polar surface area (TPSA) is 60.5 Å². The van der Waals surface area contributed by atoms with Crippen molar-refractivity contribution in [2.24, 2.45) is 0 Å². The fourth-order valence-corrected chi connectivity index (χ4v) is 3.27.